The van der Waals surface area contributed by atoms with Crippen LogP contribution in [-0.4, -0.2) is 17.7 Å². The van der Waals surface area contributed by atoms with Crippen LogP contribution in [0.3, 0.4) is 0 Å². The lowest BCUT2D eigenvalue weighted by atomic mass is 9.84. The molecule has 1 N–H and O–H groups in total. The molecule has 1 aromatic heterocycles. The lowest BCUT2D eigenvalue weighted by Crippen LogP contribution is -2.41. The lowest BCUT2D eigenvalue weighted by Gasteiger charge is -2.28. The van der Waals surface area contributed by atoms with Crippen molar-refractivity contribution in [1.82, 2.24) is 0 Å². The Morgan fingerprint density at radius 2 is 1.55 bits per heavy atom. The molecule has 0 fully saturated rings. The third-order valence-corrected chi connectivity index (χ3v) is 6.13. The second-order valence-corrected chi connectivity index (χ2v) is 8.36. The molecule has 4 aromatic rings. The first-order valence-electron chi connectivity index (χ1n) is 9.93. The minimum atomic E-state index is -5.24. The van der Waals surface area contributed by atoms with E-state index in [2.05, 4.69) is 5.32 Å². The third kappa shape index (κ3) is 4.96. The van der Waals surface area contributed by atoms with E-state index >= 15 is 0 Å². The summed E-state index contributed by atoms with van der Waals surface area (Å²) in [5, 5.41) is 6.23. The average Bonchev–Trinajstić information content (AvgIpc) is 3.33. The van der Waals surface area contributed by atoms with E-state index in [0.29, 0.717) is 5.69 Å². The summed E-state index contributed by atoms with van der Waals surface area (Å²) < 4.78 is 54.4. The number of carbonyl (C=O) groups is 2. The molecule has 168 valence electrons. The number of ketones is 2. The molecule has 8 heteroatoms. The number of nitrogens with one attached hydrogen (secondary N) is 1. The second kappa shape index (κ2) is 9.15. The Kier molecular flexibility index (Phi) is 6.29. The number of anilines is 1. The number of benzene rings is 3. The van der Waals surface area contributed by atoms with Crippen LogP contribution in [0.4, 0.5) is 23.2 Å². The minimum Gasteiger partial charge on any atom is -0.377 e. The van der Waals surface area contributed by atoms with E-state index in [9.17, 15) is 27.2 Å². The van der Waals surface area contributed by atoms with Gasteiger partial charge in [0.05, 0.1) is 10.9 Å². The van der Waals surface area contributed by atoms with Gasteiger partial charge in [0.2, 0.25) is 5.78 Å². The van der Waals surface area contributed by atoms with Crippen molar-refractivity contribution >= 4 is 39.4 Å². The maximum atomic E-state index is 13.6. The van der Waals surface area contributed by atoms with Crippen molar-refractivity contribution in [3.8, 4) is 0 Å². The van der Waals surface area contributed by atoms with Crippen molar-refractivity contribution in [3.05, 3.63) is 101 Å². The average molecular weight is 471 g/mol. The molecule has 0 spiro atoms. The van der Waals surface area contributed by atoms with Crippen molar-refractivity contribution in [2.24, 2.45) is 5.92 Å². The van der Waals surface area contributed by atoms with Gasteiger partial charge in [-0.1, -0.05) is 48.5 Å². The van der Waals surface area contributed by atoms with Gasteiger partial charge in [-0.25, -0.2) is 4.39 Å². The number of carbonyl (C=O) groups excluding carboxylic acids is 2. The number of thiophene rings is 1. The van der Waals surface area contributed by atoms with Crippen LogP contribution in [0, 0.1) is 11.7 Å². The topological polar surface area (TPSA) is 46.2 Å². The van der Waals surface area contributed by atoms with Crippen molar-refractivity contribution < 1.29 is 27.2 Å². The SMILES string of the molecule is O=C(c1cccs1)[C@H](C(=O)C(F)(F)F)[C@@H](Nc1ccc2ccccc2c1)c1ccc(F)cc1. The molecule has 0 aliphatic heterocycles. The Labute approximate surface area is 190 Å². The molecule has 4 rings (SSSR count). The van der Waals surface area contributed by atoms with Crippen molar-refractivity contribution in [3.63, 3.8) is 0 Å². The van der Waals surface area contributed by atoms with Crippen LogP contribution in [0.1, 0.15) is 21.3 Å². The van der Waals surface area contributed by atoms with Crippen LogP contribution >= 0.6 is 11.3 Å². The summed E-state index contributed by atoms with van der Waals surface area (Å²) in [7, 11) is 0. The molecule has 0 amide bonds. The number of Topliss-reactive ketones (excluding diaryl/α,β-unsaturated/α-hetero) is 2. The van der Waals surface area contributed by atoms with Gasteiger partial charge in [-0.15, -0.1) is 11.3 Å². The Balaban J connectivity index is 1.83. The Morgan fingerprint density at radius 3 is 2.18 bits per heavy atom. The van der Waals surface area contributed by atoms with Gasteiger partial charge in [-0.2, -0.15) is 13.2 Å². The molecular formula is C25H17F4NO2S. The fraction of sp³-hybridized carbons (Fsp3) is 0.120. The summed E-state index contributed by atoms with van der Waals surface area (Å²) in [6, 6.07) is 18.8. The Morgan fingerprint density at radius 1 is 0.848 bits per heavy atom. The molecular weight excluding hydrogens is 454 g/mol. The molecule has 1 heterocycles. The van der Waals surface area contributed by atoms with E-state index < -0.39 is 35.5 Å². The third-order valence-electron chi connectivity index (χ3n) is 5.24. The zero-order valence-electron chi connectivity index (χ0n) is 17.0. The maximum Gasteiger partial charge on any atom is 0.450 e. The van der Waals surface area contributed by atoms with Gasteiger partial charge in [0.15, 0.2) is 5.78 Å². The monoisotopic (exact) mass is 471 g/mol. The van der Waals surface area contributed by atoms with Crippen LogP contribution in [-0.2, 0) is 4.79 Å². The summed E-state index contributed by atoms with van der Waals surface area (Å²) >= 11 is 0.954. The van der Waals surface area contributed by atoms with E-state index in [1.54, 1.807) is 23.6 Å². The fourth-order valence-corrected chi connectivity index (χ4v) is 4.36. The summed E-state index contributed by atoms with van der Waals surface area (Å²) in [5.41, 5.74) is 0.596. The highest BCUT2D eigenvalue weighted by atomic mass is 32.1. The van der Waals surface area contributed by atoms with Gasteiger partial charge < -0.3 is 5.32 Å². The first-order valence-corrected chi connectivity index (χ1v) is 10.8. The van der Waals surface area contributed by atoms with Crippen molar-refractivity contribution in [2.75, 3.05) is 5.32 Å². The van der Waals surface area contributed by atoms with E-state index in [1.807, 2.05) is 24.3 Å². The number of hydrogen-bond donors (Lipinski definition) is 1. The standard InChI is InChI=1S/C25H17F4NO2S/c26-18-10-7-16(8-11-18)22(30-19-12-9-15-4-1-2-5-17(15)14-19)21(24(32)25(27,28)29)23(31)20-6-3-13-33-20/h1-14,21-22,30H/t21-,22+/m1/s1. The van der Waals surface area contributed by atoms with Gasteiger partial charge in [-0.05, 0) is 52.0 Å². The zero-order chi connectivity index (χ0) is 23.6. The number of fused-ring (bicyclic) bond motifs is 1. The van der Waals surface area contributed by atoms with Crippen LogP contribution in [0.15, 0.2) is 84.2 Å². The van der Waals surface area contributed by atoms with Crippen molar-refractivity contribution in [2.45, 2.75) is 12.2 Å². The summed E-state index contributed by atoms with van der Waals surface area (Å²) in [6.07, 6.45) is -5.24. The summed E-state index contributed by atoms with van der Waals surface area (Å²) in [5.74, 6) is -5.80. The van der Waals surface area contributed by atoms with E-state index in [1.165, 1.54) is 24.3 Å². The van der Waals surface area contributed by atoms with Crippen molar-refractivity contribution in [1.29, 1.82) is 0 Å². The number of hydrogen-bond acceptors (Lipinski definition) is 4. The highest BCUT2D eigenvalue weighted by Crippen LogP contribution is 2.36. The van der Waals surface area contributed by atoms with Gasteiger partial charge in [-0.3, -0.25) is 9.59 Å². The van der Waals surface area contributed by atoms with E-state index in [4.69, 9.17) is 0 Å². The lowest BCUT2D eigenvalue weighted by molar-refractivity contribution is -0.174. The van der Waals surface area contributed by atoms with Gasteiger partial charge in [0.25, 0.3) is 0 Å². The summed E-state index contributed by atoms with van der Waals surface area (Å²) in [4.78, 5) is 25.7. The first-order chi connectivity index (χ1) is 15.7. The first kappa shape index (κ1) is 22.7. The molecule has 0 saturated carbocycles. The summed E-state index contributed by atoms with van der Waals surface area (Å²) in [6.45, 7) is 0. The minimum absolute atomic E-state index is 0.0324. The van der Waals surface area contributed by atoms with E-state index in [-0.39, 0.29) is 10.4 Å². The molecule has 3 aromatic carbocycles. The number of alkyl halides is 3. The fourth-order valence-electron chi connectivity index (χ4n) is 3.66. The predicted molar refractivity (Wildman–Crippen MR) is 120 cm³/mol. The Hall–Kier alpha value is -3.52. The van der Waals surface area contributed by atoms with Crippen LogP contribution < -0.4 is 5.32 Å². The largest absolute Gasteiger partial charge is 0.450 e. The molecule has 0 aliphatic rings. The van der Waals surface area contributed by atoms with Crippen LogP contribution in [0.5, 0.6) is 0 Å². The highest BCUT2D eigenvalue weighted by Gasteiger charge is 2.50. The molecule has 0 saturated heterocycles. The molecule has 33 heavy (non-hydrogen) atoms. The maximum absolute atomic E-state index is 13.6. The number of rotatable bonds is 7. The molecule has 2 atom stereocenters. The zero-order valence-corrected chi connectivity index (χ0v) is 17.8. The van der Waals surface area contributed by atoms with Crippen LogP contribution in [0.25, 0.3) is 10.8 Å². The predicted octanol–water partition coefficient (Wildman–Crippen LogP) is 6.82. The van der Waals surface area contributed by atoms with Gasteiger partial charge in [0.1, 0.15) is 11.7 Å². The Bertz CT molecular complexity index is 1280. The van der Waals surface area contributed by atoms with Gasteiger partial charge >= 0.3 is 6.18 Å². The second-order valence-electron chi connectivity index (χ2n) is 7.42. The van der Waals surface area contributed by atoms with Gasteiger partial charge in [0, 0.05) is 5.69 Å². The molecule has 0 aliphatic carbocycles. The molecule has 0 unspecified atom stereocenters. The smallest absolute Gasteiger partial charge is 0.377 e. The molecule has 3 nitrogen and oxygen atoms in total. The molecule has 0 bridgehead atoms. The quantitative estimate of drug-likeness (QED) is 0.183. The normalized spacial score (nSPS) is 13.5. The molecule has 0 radical (unpaired) electrons. The van der Waals surface area contributed by atoms with E-state index in [0.717, 1.165) is 34.2 Å². The number of halogens is 4. The highest BCUT2D eigenvalue weighted by molar-refractivity contribution is 7.12. The van der Waals surface area contributed by atoms with Crippen LogP contribution in [0.2, 0.25) is 0 Å².